The molecular formula is C26H27ClO4. The van der Waals surface area contributed by atoms with Crippen LogP contribution >= 0.6 is 11.6 Å². The predicted octanol–water partition coefficient (Wildman–Crippen LogP) is 7.18. The van der Waals surface area contributed by atoms with Crippen LogP contribution in [0.4, 0.5) is 0 Å². The molecule has 0 amide bonds. The lowest BCUT2D eigenvalue weighted by Gasteiger charge is -2.08. The molecule has 162 valence electrons. The van der Waals surface area contributed by atoms with E-state index in [9.17, 15) is 9.59 Å². The minimum atomic E-state index is -0.503. The Kier molecular flexibility index (Phi) is 8.48. The Labute approximate surface area is 188 Å². The van der Waals surface area contributed by atoms with Gasteiger partial charge < -0.3 is 9.47 Å². The summed E-state index contributed by atoms with van der Waals surface area (Å²) < 4.78 is 11.3. The number of rotatable bonds is 11. The Hall–Kier alpha value is -2.85. The van der Waals surface area contributed by atoms with E-state index >= 15 is 0 Å². The van der Waals surface area contributed by atoms with Gasteiger partial charge in [-0.2, -0.15) is 0 Å². The zero-order valence-corrected chi connectivity index (χ0v) is 18.5. The molecule has 0 aliphatic carbocycles. The number of carbonyl (C=O) groups is 2. The van der Waals surface area contributed by atoms with Gasteiger partial charge in [0.1, 0.15) is 11.5 Å². The fourth-order valence-electron chi connectivity index (χ4n) is 3.34. The highest BCUT2D eigenvalue weighted by Gasteiger charge is 2.10. The maximum absolute atomic E-state index is 12.5. The lowest BCUT2D eigenvalue weighted by Crippen LogP contribution is -2.08. The molecule has 0 aromatic heterocycles. The molecule has 0 fully saturated rings. The quantitative estimate of drug-likeness (QED) is 0.138. The Morgan fingerprint density at radius 2 is 1.35 bits per heavy atom. The molecule has 3 aromatic rings. The van der Waals surface area contributed by atoms with Gasteiger partial charge >= 0.3 is 5.97 Å². The molecule has 5 heteroatoms. The summed E-state index contributed by atoms with van der Waals surface area (Å²) in [6, 6.07) is 17.4. The molecule has 0 aliphatic rings. The smallest absolute Gasteiger partial charge is 0.343 e. The molecule has 0 atom stereocenters. The van der Waals surface area contributed by atoms with Crippen LogP contribution in [0.2, 0.25) is 0 Å². The highest BCUT2D eigenvalue weighted by molar-refractivity contribution is 6.67. The minimum Gasteiger partial charge on any atom is -0.494 e. The van der Waals surface area contributed by atoms with E-state index in [2.05, 4.69) is 6.92 Å². The number of hydrogen-bond donors (Lipinski definition) is 0. The molecule has 0 spiro atoms. The predicted molar refractivity (Wildman–Crippen MR) is 124 cm³/mol. The van der Waals surface area contributed by atoms with E-state index in [0.717, 1.165) is 22.9 Å². The van der Waals surface area contributed by atoms with Gasteiger partial charge in [-0.05, 0) is 77.3 Å². The van der Waals surface area contributed by atoms with Gasteiger partial charge in [0, 0.05) is 5.56 Å². The summed E-state index contributed by atoms with van der Waals surface area (Å²) in [5.41, 5.74) is 0.882. The van der Waals surface area contributed by atoms with Crippen molar-refractivity contribution in [3.8, 4) is 11.5 Å². The number of benzene rings is 3. The normalized spacial score (nSPS) is 10.8. The second kappa shape index (κ2) is 11.5. The largest absolute Gasteiger partial charge is 0.494 e. The van der Waals surface area contributed by atoms with Crippen molar-refractivity contribution in [3.05, 3.63) is 71.8 Å². The fraction of sp³-hybridized carbons (Fsp3) is 0.308. The van der Waals surface area contributed by atoms with E-state index in [0.29, 0.717) is 23.5 Å². The number of carbonyl (C=O) groups excluding carboxylic acids is 2. The van der Waals surface area contributed by atoms with Gasteiger partial charge in [0.05, 0.1) is 12.2 Å². The van der Waals surface area contributed by atoms with E-state index in [1.54, 1.807) is 60.7 Å². The van der Waals surface area contributed by atoms with Crippen LogP contribution in [0.1, 0.15) is 66.2 Å². The second-order valence-corrected chi connectivity index (χ2v) is 7.87. The topological polar surface area (TPSA) is 52.6 Å². The van der Waals surface area contributed by atoms with Crippen LogP contribution in [0.5, 0.6) is 11.5 Å². The molecule has 3 rings (SSSR count). The highest BCUT2D eigenvalue weighted by Crippen LogP contribution is 2.24. The maximum atomic E-state index is 12.5. The first kappa shape index (κ1) is 22.8. The molecule has 0 radical (unpaired) electrons. The van der Waals surface area contributed by atoms with Crippen LogP contribution in [0.3, 0.4) is 0 Å². The summed E-state index contributed by atoms with van der Waals surface area (Å²) in [4.78, 5) is 23.8. The summed E-state index contributed by atoms with van der Waals surface area (Å²) in [6.45, 7) is 2.90. The number of ether oxygens (including phenoxy) is 2. The van der Waals surface area contributed by atoms with Crippen molar-refractivity contribution in [3.63, 3.8) is 0 Å². The molecule has 0 heterocycles. The van der Waals surface area contributed by atoms with E-state index in [1.807, 2.05) is 0 Å². The fourth-order valence-corrected chi connectivity index (χ4v) is 3.45. The van der Waals surface area contributed by atoms with Crippen molar-refractivity contribution >= 4 is 33.6 Å². The third-order valence-corrected chi connectivity index (χ3v) is 5.32. The van der Waals surface area contributed by atoms with Crippen LogP contribution in [0, 0.1) is 0 Å². The number of fused-ring (bicyclic) bond motifs is 1. The number of hydrogen-bond acceptors (Lipinski definition) is 4. The second-order valence-electron chi connectivity index (χ2n) is 7.53. The SMILES string of the molecule is CCCCCCCCOc1ccc(C(=O)Oc2ccc3cc(C(=O)Cl)ccc3c2)cc1. The van der Waals surface area contributed by atoms with Crippen molar-refractivity contribution < 1.29 is 19.1 Å². The molecule has 0 saturated carbocycles. The average Bonchev–Trinajstić information content (AvgIpc) is 2.78. The van der Waals surface area contributed by atoms with E-state index in [-0.39, 0.29) is 0 Å². The van der Waals surface area contributed by atoms with Gasteiger partial charge in [0.15, 0.2) is 0 Å². The Morgan fingerprint density at radius 3 is 2.10 bits per heavy atom. The number of esters is 1. The monoisotopic (exact) mass is 438 g/mol. The molecule has 31 heavy (non-hydrogen) atoms. The third-order valence-electron chi connectivity index (χ3n) is 5.11. The summed E-state index contributed by atoms with van der Waals surface area (Å²) in [5.74, 6) is 0.751. The molecule has 4 nitrogen and oxygen atoms in total. The zero-order chi connectivity index (χ0) is 22.1. The number of halogens is 1. The summed E-state index contributed by atoms with van der Waals surface area (Å²) in [7, 11) is 0. The standard InChI is InChI=1S/C26H27ClO4/c1-2-3-4-5-6-7-16-30-23-13-10-19(11-14-23)26(29)31-24-15-12-20-17-22(25(27)28)9-8-21(20)18-24/h8-15,17-18H,2-7,16H2,1H3. The summed E-state index contributed by atoms with van der Waals surface area (Å²) >= 11 is 5.52. The summed E-state index contributed by atoms with van der Waals surface area (Å²) in [6.07, 6.45) is 7.31. The summed E-state index contributed by atoms with van der Waals surface area (Å²) in [5, 5.41) is 1.19. The molecule has 0 saturated heterocycles. The Morgan fingerprint density at radius 1 is 0.742 bits per heavy atom. The van der Waals surface area contributed by atoms with E-state index in [1.165, 1.54) is 32.1 Å². The van der Waals surface area contributed by atoms with Crippen LogP contribution in [-0.4, -0.2) is 17.8 Å². The lowest BCUT2D eigenvalue weighted by molar-refractivity contribution is 0.0735. The van der Waals surface area contributed by atoms with E-state index in [4.69, 9.17) is 21.1 Å². The Bertz CT molecular complexity index is 1030. The maximum Gasteiger partial charge on any atom is 0.343 e. The first-order chi connectivity index (χ1) is 15.1. The molecule has 3 aromatic carbocycles. The molecular weight excluding hydrogens is 412 g/mol. The number of unbranched alkanes of at least 4 members (excludes halogenated alkanes) is 5. The molecule has 0 N–H and O–H groups in total. The van der Waals surface area contributed by atoms with Gasteiger partial charge in [0.25, 0.3) is 5.24 Å². The molecule has 0 unspecified atom stereocenters. The van der Waals surface area contributed by atoms with Gasteiger partial charge in [0.2, 0.25) is 0 Å². The first-order valence-corrected chi connectivity index (χ1v) is 11.1. The Balaban J connectivity index is 1.52. The van der Waals surface area contributed by atoms with Crippen LogP contribution in [-0.2, 0) is 0 Å². The van der Waals surface area contributed by atoms with Crippen molar-refractivity contribution in [2.45, 2.75) is 45.4 Å². The van der Waals surface area contributed by atoms with Gasteiger partial charge in [-0.1, -0.05) is 51.2 Å². The van der Waals surface area contributed by atoms with Crippen molar-refractivity contribution in [2.24, 2.45) is 0 Å². The van der Waals surface area contributed by atoms with Gasteiger partial charge in [-0.25, -0.2) is 4.79 Å². The van der Waals surface area contributed by atoms with Crippen LogP contribution in [0.15, 0.2) is 60.7 Å². The van der Waals surface area contributed by atoms with E-state index < -0.39 is 11.2 Å². The minimum absolute atomic E-state index is 0.428. The highest BCUT2D eigenvalue weighted by atomic mass is 35.5. The first-order valence-electron chi connectivity index (χ1n) is 10.8. The third kappa shape index (κ3) is 6.83. The van der Waals surface area contributed by atoms with Crippen molar-refractivity contribution in [1.82, 2.24) is 0 Å². The van der Waals surface area contributed by atoms with Crippen molar-refractivity contribution in [2.75, 3.05) is 6.61 Å². The van der Waals surface area contributed by atoms with Crippen LogP contribution in [0.25, 0.3) is 10.8 Å². The average molecular weight is 439 g/mol. The molecule has 0 aliphatic heterocycles. The van der Waals surface area contributed by atoms with Crippen molar-refractivity contribution in [1.29, 1.82) is 0 Å². The van der Waals surface area contributed by atoms with Gasteiger partial charge in [-0.15, -0.1) is 0 Å². The zero-order valence-electron chi connectivity index (χ0n) is 17.7. The van der Waals surface area contributed by atoms with Gasteiger partial charge in [-0.3, -0.25) is 4.79 Å². The lowest BCUT2D eigenvalue weighted by atomic mass is 10.1. The van der Waals surface area contributed by atoms with Crippen LogP contribution < -0.4 is 9.47 Å². The molecule has 0 bridgehead atoms.